The van der Waals surface area contributed by atoms with E-state index in [1.165, 1.54) is 25.1 Å². The van der Waals surface area contributed by atoms with Crippen molar-refractivity contribution in [2.45, 2.75) is 18.9 Å². The van der Waals surface area contributed by atoms with Gasteiger partial charge in [-0.05, 0) is 35.0 Å². The third-order valence-electron chi connectivity index (χ3n) is 2.96. The van der Waals surface area contributed by atoms with Crippen molar-refractivity contribution in [2.75, 3.05) is 27.3 Å². The van der Waals surface area contributed by atoms with E-state index in [0.29, 0.717) is 4.67 Å². The second-order valence-corrected chi connectivity index (χ2v) is 6.16. The Labute approximate surface area is 141 Å². The van der Waals surface area contributed by atoms with Crippen molar-refractivity contribution in [3.63, 3.8) is 0 Å². The molecule has 0 bridgehead atoms. The summed E-state index contributed by atoms with van der Waals surface area (Å²) in [7, 11) is 2.86. The van der Waals surface area contributed by atoms with Crippen LogP contribution in [0, 0.1) is 0 Å². The molecule has 1 aromatic heterocycles. The molecule has 0 saturated heterocycles. The molecule has 0 aliphatic carbocycles. The van der Waals surface area contributed by atoms with Crippen molar-refractivity contribution in [1.29, 1.82) is 0 Å². The Bertz CT molecular complexity index is 588. The van der Waals surface area contributed by atoms with Gasteiger partial charge in [0.05, 0.1) is 25.1 Å². The number of hydrogen-bond acceptors (Lipinski definition) is 5. The zero-order valence-corrected chi connectivity index (χ0v) is 14.7. The van der Waals surface area contributed by atoms with Gasteiger partial charge in [-0.2, -0.15) is 0 Å². The minimum absolute atomic E-state index is 0.0355. The zero-order valence-electron chi connectivity index (χ0n) is 13.1. The van der Waals surface area contributed by atoms with Gasteiger partial charge in [0.25, 0.3) is 5.91 Å². The van der Waals surface area contributed by atoms with Crippen LogP contribution in [0.3, 0.4) is 0 Å². The van der Waals surface area contributed by atoms with Crippen LogP contribution in [0.2, 0.25) is 0 Å². The number of nitrogens with zero attached hydrogens (tertiary/aromatic N) is 1. The van der Waals surface area contributed by atoms with Crippen LogP contribution in [-0.2, 0) is 14.3 Å². The summed E-state index contributed by atoms with van der Waals surface area (Å²) in [5, 5.41) is 11.5. The monoisotopic (exact) mass is 390 g/mol. The first-order valence-corrected chi connectivity index (χ1v) is 7.49. The molecule has 128 valence electrons. The van der Waals surface area contributed by atoms with Crippen LogP contribution in [0.4, 0.5) is 0 Å². The van der Waals surface area contributed by atoms with Gasteiger partial charge in [-0.1, -0.05) is 0 Å². The van der Waals surface area contributed by atoms with E-state index in [1.807, 2.05) is 0 Å². The van der Waals surface area contributed by atoms with Gasteiger partial charge in [0.2, 0.25) is 5.91 Å². The predicted molar refractivity (Wildman–Crippen MR) is 84.0 cm³/mol. The molecule has 0 aliphatic rings. The number of carbonyl (C=O) groups is 3. The van der Waals surface area contributed by atoms with Gasteiger partial charge < -0.3 is 24.5 Å². The maximum atomic E-state index is 12.1. The molecule has 8 nitrogen and oxygen atoms in total. The SMILES string of the molecule is COCC(C)(CC(=O)O)NC(=O)CN(C)C(=O)c1ccc(Br)o1. The number of carboxylic acids is 1. The molecule has 1 atom stereocenters. The van der Waals surface area contributed by atoms with Crippen molar-refractivity contribution < 1.29 is 28.6 Å². The number of likely N-dealkylation sites (N-methyl/N-ethyl adjacent to an activating group) is 1. The number of carbonyl (C=O) groups excluding carboxylic acids is 2. The summed E-state index contributed by atoms with van der Waals surface area (Å²) < 4.78 is 10.5. The molecule has 0 aromatic carbocycles. The summed E-state index contributed by atoms with van der Waals surface area (Å²) in [6.07, 6.45) is -0.296. The number of hydrogen-bond donors (Lipinski definition) is 2. The van der Waals surface area contributed by atoms with Crippen molar-refractivity contribution in [2.24, 2.45) is 0 Å². The zero-order chi connectivity index (χ0) is 17.6. The summed E-state index contributed by atoms with van der Waals surface area (Å²) in [5.74, 6) is -1.92. The molecular formula is C14H19BrN2O6. The molecule has 2 amide bonds. The lowest BCUT2D eigenvalue weighted by Crippen LogP contribution is -2.53. The van der Waals surface area contributed by atoms with Gasteiger partial charge in [0.1, 0.15) is 0 Å². The molecule has 2 N–H and O–H groups in total. The van der Waals surface area contributed by atoms with Gasteiger partial charge in [-0.3, -0.25) is 14.4 Å². The van der Waals surface area contributed by atoms with E-state index >= 15 is 0 Å². The van der Waals surface area contributed by atoms with Crippen molar-refractivity contribution >= 4 is 33.7 Å². The molecule has 0 spiro atoms. The fourth-order valence-corrected chi connectivity index (χ4v) is 2.37. The molecule has 0 fully saturated rings. The lowest BCUT2D eigenvalue weighted by atomic mass is 9.99. The Morgan fingerprint density at radius 1 is 1.43 bits per heavy atom. The molecule has 0 radical (unpaired) electrons. The molecule has 1 unspecified atom stereocenters. The average Bonchev–Trinajstić information content (AvgIpc) is 2.82. The number of furan rings is 1. The maximum absolute atomic E-state index is 12.1. The summed E-state index contributed by atoms with van der Waals surface area (Å²) in [5.41, 5.74) is -1.06. The number of nitrogens with one attached hydrogen (secondary N) is 1. The number of halogens is 1. The fourth-order valence-electron chi connectivity index (χ4n) is 2.06. The number of ether oxygens (including phenoxy) is 1. The van der Waals surface area contributed by atoms with Crippen molar-refractivity contribution in [3.05, 3.63) is 22.6 Å². The molecule has 1 heterocycles. The number of rotatable bonds is 8. The highest BCUT2D eigenvalue weighted by Gasteiger charge is 2.30. The number of amides is 2. The molecular weight excluding hydrogens is 372 g/mol. The summed E-state index contributed by atoms with van der Waals surface area (Å²) >= 11 is 3.09. The molecule has 1 aromatic rings. The van der Waals surface area contributed by atoms with Crippen LogP contribution in [0.15, 0.2) is 21.2 Å². The van der Waals surface area contributed by atoms with Gasteiger partial charge >= 0.3 is 5.97 Å². The van der Waals surface area contributed by atoms with Crippen LogP contribution < -0.4 is 5.32 Å². The quantitative estimate of drug-likeness (QED) is 0.687. The summed E-state index contributed by atoms with van der Waals surface area (Å²) in [4.78, 5) is 36.2. The van der Waals surface area contributed by atoms with E-state index in [9.17, 15) is 14.4 Å². The highest BCUT2D eigenvalue weighted by Crippen LogP contribution is 2.15. The van der Waals surface area contributed by atoms with E-state index in [1.54, 1.807) is 13.0 Å². The smallest absolute Gasteiger partial charge is 0.305 e. The standard InChI is InChI=1S/C14H19BrN2O6/c1-14(8-22-3,6-12(19)20)16-11(18)7-17(2)13(21)9-4-5-10(15)23-9/h4-5H,6-8H2,1-3H3,(H,16,18)(H,19,20). The predicted octanol–water partition coefficient (Wildman–Crippen LogP) is 1.11. The Kier molecular flexibility index (Phi) is 6.77. The van der Waals surface area contributed by atoms with E-state index in [4.69, 9.17) is 14.3 Å². The fraction of sp³-hybridized carbons (Fsp3) is 0.500. The van der Waals surface area contributed by atoms with Crippen LogP contribution in [0.1, 0.15) is 23.9 Å². The number of aliphatic carboxylic acids is 1. The topological polar surface area (TPSA) is 109 Å². The van der Waals surface area contributed by atoms with Crippen molar-refractivity contribution in [1.82, 2.24) is 10.2 Å². The Hall–Kier alpha value is -1.87. The van der Waals surface area contributed by atoms with Crippen LogP contribution in [0.25, 0.3) is 0 Å². The first kappa shape index (κ1) is 19.2. The largest absolute Gasteiger partial charge is 0.481 e. The van der Waals surface area contributed by atoms with Gasteiger partial charge in [0.15, 0.2) is 10.4 Å². The minimum atomic E-state index is -1.06. The minimum Gasteiger partial charge on any atom is -0.481 e. The molecule has 1 rings (SSSR count). The lowest BCUT2D eigenvalue weighted by molar-refractivity contribution is -0.139. The van der Waals surface area contributed by atoms with E-state index < -0.39 is 23.3 Å². The van der Waals surface area contributed by atoms with E-state index in [-0.39, 0.29) is 25.3 Å². The second-order valence-electron chi connectivity index (χ2n) is 5.38. The maximum Gasteiger partial charge on any atom is 0.305 e. The first-order chi connectivity index (χ1) is 10.7. The average molecular weight is 391 g/mol. The van der Waals surface area contributed by atoms with E-state index in [0.717, 1.165) is 0 Å². The van der Waals surface area contributed by atoms with Crippen LogP contribution in [0.5, 0.6) is 0 Å². The molecule has 0 saturated carbocycles. The first-order valence-electron chi connectivity index (χ1n) is 6.69. The second kappa shape index (κ2) is 8.11. The Morgan fingerprint density at radius 2 is 2.09 bits per heavy atom. The number of carboxylic acid groups (broad SMARTS) is 1. The van der Waals surface area contributed by atoms with Crippen molar-refractivity contribution in [3.8, 4) is 0 Å². The third kappa shape index (κ3) is 6.03. The Morgan fingerprint density at radius 3 is 2.57 bits per heavy atom. The molecule has 9 heteroatoms. The highest BCUT2D eigenvalue weighted by atomic mass is 79.9. The van der Waals surface area contributed by atoms with Gasteiger partial charge in [-0.25, -0.2) is 0 Å². The Balaban J connectivity index is 2.66. The van der Waals surface area contributed by atoms with Gasteiger partial charge in [-0.15, -0.1) is 0 Å². The molecule has 23 heavy (non-hydrogen) atoms. The van der Waals surface area contributed by atoms with Crippen LogP contribution >= 0.6 is 15.9 Å². The van der Waals surface area contributed by atoms with Crippen LogP contribution in [-0.4, -0.2) is 60.6 Å². The summed E-state index contributed by atoms with van der Waals surface area (Å²) in [6.45, 7) is 1.36. The normalized spacial score (nSPS) is 13.2. The molecule has 0 aliphatic heterocycles. The lowest BCUT2D eigenvalue weighted by Gasteiger charge is -2.29. The third-order valence-corrected chi connectivity index (χ3v) is 3.38. The van der Waals surface area contributed by atoms with Gasteiger partial charge in [0, 0.05) is 14.2 Å². The highest BCUT2D eigenvalue weighted by molar-refractivity contribution is 9.10. The van der Waals surface area contributed by atoms with E-state index in [2.05, 4.69) is 21.2 Å². The number of methoxy groups -OCH3 is 1. The summed E-state index contributed by atoms with van der Waals surface area (Å²) in [6, 6.07) is 3.06.